The highest BCUT2D eigenvalue weighted by molar-refractivity contribution is 7.89. The standard InChI is InChI=1S/C11H19F3N4O2S/c1-4-5-15-6-9-8(2)16-17-10(9)21(19,20)18(3)7-11(12,13)14/h15H,4-7H2,1-3H3,(H,16,17). The Hall–Kier alpha value is -1.13. The summed E-state index contributed by atoms with van der Waals surface area (Å²) in [5, 5.41) is 8.81. The molecule has 0 aromatic carbocycles. The lowest BCUT2D eigenvalue weighted by Crippen LogP contribution is -2.36. The molecule has 0 spiro atoms. The van der Waals surface area contributed by atoms with Gasteiger partial charge < -0.3 is 5.32 Å². The van der Waals surface area contributed by atoms with E-state index in [0.717, 1.165) is 13.5 Å². The monoisotopic (exact) mass is 328 g/mol. The molecular formula is C11H19F3N4O2S. The van der Waals surface area contributed by atoms with E-state index in [0.29, 0.717) is 17.8 Å². The number of aromatic amines is 1. The fourth-order valence-electron chi connectivity index (χ4n) is 1.73. The van der Waals surface area contributed by atoms with Gasteiger partial charge in [-0.25, -0.2) is 8.42 Å². The fraction of sp³-hybridized carbons (Fsp3) is 0.727. The van der Waals surface area contributed by atoms with Gasteiger partial charge in [-0.05, 0) is 19.9 Å². The number of alkyl halides is 3. The molecule has 0 atom stereocenters. The molecule has 1 heterocycles. The Kier molecular flexibility index (Phi) is 5.76. The zero-order valence-corrected chi connectivity index (χ0v) is 12.9. The van der Waals surface area contributed by atoms with Crippen LogP contribution < -0.4 is 5.32 Å². The fourth-order valence-corrected chi connectivity index (χ4v) is 3.04. The molecule has 0 saturated carbocycles. The SMILES string of the molecule is CCCNCc1c(S(=O)(=O)N(C)CC(F)(F)F)n[nH]c1C. The number of hydrogen-bond donors (Lipinski definition) is 2. The lowest BCUT2D eigenvalue weighted by Gasteiger charge is -2.18. The second-order valence-electron chi connectivity index (χ2n) is 4.69. The Labute approximate surface area is 121 Å². The summed E-state index contributed by atoms with van der Waals surface area (Å²) in [4.78, 5) is 0. The van der Waals surface area contributed by atoms with Gasteiger partial charge in [0.2, 0.25) is 0 Å². The second-order valence-corrected chi connectivity index (χ2v) is 6.65. The van der Waals surface area contributed by atoms with Crippen molar-refractivity contribution in [2.24, 2.45) is 0 Å². The zero-order chi connectivity index (χ0) is 16.3. The summed E-state index contributed by atoms with van der Waals surface area (Å²) in [5.74, 6) is 0. The van der Waals surface area contributed by atoms with Crippen molar-refractivity contribution in [3.63, 3.8) is 0 Å². The predicted octanol–water partition coefficient (Wildman–Crippen LogP) is 1.40. The molecule has 122 valence electrons. The third kappa shape index (κ3) is 4.68. The number of hydrogen-bond acceptors (Lipinski definition) is 4. The first-order chi connectivity index (χ1) is 9.59. The lowest BCUT2D eigenvalue weighted by atomic mass is 10.2. The van der Waals surface area contributed by atoms with Gasteiger partial charge >= 0.3 is 6.18 Å². The van der Waals surface area contributed by atoms with Crippen LogP contribution in [0.25, 0.3) is 0 Å². The van der Waals surface area contributed by atoms with Crippen molar-refractivity contribution in [1.29, 1.82) is 0 Å². The molecule has 1 rings (SSSR count). The van der Waals surface area contributed by atoms with Crippen molar-refractivity contribution in [3.05, 3.63) is 11.3 Å². The lowest BCUT2D eigenvalue weighted by molar-refractivity contribution is -0.134. The summed E-state index contributed by atoms with van der Waals surface area (Å²) in [7, 11) is -3.40. The van der Waals surface area contributed by atoms with Crippen molar-refractivity contribution in [2.75, 3.05) is 20.1 Å². The molecule has 0 aliphatic carbocycles. The van der Waals surface area contributed by atoms with Crippen LogP contribution in [0.5, 0.6) is 0 Å². The average molecular weight is 328 g/mol. The summed E-state index contributed by atoms with van der Waals surface area (Å²) in [5.41, 5.74) is 0.870. The molecule has 21 heavy (non-hydrogen) atoms. The summed E-state index contributed by atoms with van der Waals surface area (Å²) < 4.78 is 61.7. The molecule has 0 fully saturated rings. The average Bonchev–Trinajstić information content (AvgIpc) is 2.70. The smallest absolute Gasteiger partial charge is 0.313 e. The molecule has 1 aromatic heterocycles. The van der Waals surface area contributed by atoms with Crippen molar-refractivity contribution in [1.82, 2.24) is 19.8 Å². The second kappa shape index (κ2) is 6.75. The normalized spacial score (nSPS) is 13.1. The van der Waals surface area contributed by atoms with Crippen LogP contribution in [0.1, 0.15) is 24.6 Å². The van der Waals surface area contributed by atoms with Gasteiger partial charge in [-0.3, -0.25) is 5.10 Å². The van der Waals surface area contributed by atoms with Crippen LogP contribution in [0.2, 0.25) is 0 Å². The van der Waals surface area contributed by atoms with Gasteiger partial charge in [0.1, 0.15) is 6.54 Å². The van der Waals surface area contributed by atoms with Gasteiger partial charge in [-0.15, -0.1) is 0 Å². The molecule has 10 heteroatoms. The maximum atomic E-state index is 12.4. The molecule has 1 aromatic rings. The van der Waals surface area contributed by atoms with Gasteiger partial charge in [0.05, 0.1) is 0 Å². The molecular weight excluding hydrogens is 309 g/mol. The minimum Gasteiger partial charge on any atom is -0.313 e. The first kappa shape index (κ1) is 17.9. The maximum absolute atomic E-state index is 12.4. The van der Waals surface area contributed by atoms with E-state index in [-0.39, 0.29) is 15.9 Å². The minimum atomic E-state index is -4.60. The van der Waals surface area contributed by atoms with Crippen LogP contribution >= 0.6 is 0 Å². The van der Waals surface area contributed by atoms with Crippen LogP contribution in [-0.4, -0.2) is 49.2 Å². The van der Waals surface area contributed by atoms with E-state index >= 15 is 0 Å². The van der Waals surface area contributed by atoms with E-state index in [2.05, 4.69) is 15.5 Å². The van der Waals surface area contributed by atoms with Gasteiger partial charge in [0, 0.05) is 24.8 Å². The summed E-state index contributed by atoms with van der Waals surface area (Å²) in [6.45, 7) is 2.92. The highest BCUT2D eigenvalue weighted by Gasteiger charge is 2.37. The first-order valence-corrected chi connectivity index (χ1v) is 7.81. The quantitative estimate of drug-likeness (QED) is 0.742. The van der Waals surface area contributed by atoms with Crippen LogP contribution in [0.4, 0.5) is 13.2 Å². The van der Waals surface area contributed by atoms with Gasteiger partial charge in [0.15, 0.2) is 5.03 Å². The molecule has 0 radical (unpaired) electrons. The third-order valence-corrected chi connectivity index (χ3v) is 4.60. The number of halogens is 3. The third-order valence-electron chi connectivity index (χ3n) is 2.82. The van der Waals surface area contributed by atoms with Gasteiger partial charge in [-0.2, -0.15) is 22.6 Å². The van der Waals surface area contributed by atoms with Crippen LogP contribution in [0.15, 0.2) is 5.03 Å². The van der Waals surface area contributed by atoms with E-state index in [9.17, 15) is 21.6 Å². The molecule has 0 aliphatic rings. The molecule has 6 nitrogen and oxygen atoms in total. The highest BCUT2D eigenvalue weighted by Crippen LogP contribution is 2.23. The Bertz CT molecular complexity index is 569. The Balaban J connectivity index is 3.03. The number of aryl methyl sites for hydroxylation is 1. The molecule has 0 unspecified atom stereocenters. The van der Waals surface area contributed by atoms with Crippen molar-refractivity contribution >= 4 is 10.0 Å². The van der Waals surface area contributed by atoms with Crippen LogP contribution in [-0.2, 0) is 16.6 Å². The number of H-pyrrole nitrogens is 1. The summed E-state index contributed by atoms with van der Waals surface area (Å²) in [6.07, 6.45) is -3.75. The van der Waals surface area contributed by atoms with Crippen molar-refractivity contribution in [3.8, 4) is 0 Å². The van der Waals surface area contributed by atoms with Gasteiger partial charge in [-0.1, -0.05) is 6.92 Å². The molecule has 0 bridgehead atoms. The van der Waals surface area contributed by atoms with Crippen LogP contribution in [0, 0.1) is 6.92 Å². The Morgan fingerprint density at radius 3 is 2.52 bits per heavy atom. The van der Waals surface area contributed by atoms with E-state index in [1.807, 2.05) is 6.92 Å². The Morgan fingerprint density at radius 1 is 1.38 bits per heavy atom. The highest BCUT2D eigenvalue weighted by atomic mass is 32.2. The van der Waals surface area contributed by atoms with Gasteiger partial charge in [0.25, 0.3) is 10.0 Å². The number of nitrogens with zero attached hydrogens (tertiary/aromatic N) is 2. The molecule has 0 amide bonds. The summed E-state index contributed by atoms with van der Waals surface area (Å²) in [6, 6.07) is 0. The van der Waals surface area contributed by atoms with Crippen LogP contribution in [0.3, 0.4) is 0 Å². The number of aromatic nitrogens is 2. The topological polar surface area (TPSA) is 78.1 Å². The van der Waals surface area contributed by atoms with E-state index in [1.54, 1.807) is 6.92 Å². The molecule has 0 saturated heterocycles. The molecule has 0 aliphatic heterocycles. The van der Waals surface area contributed by atoms with Crippen molar-refractivity contribution in [2.45, 2.75) is 38.0 Å². The largest absolute Gasteiger partial charge is 0.402 e. The maximum Gasteiger partial charge on any atom is 0.402 e. The number of sulfonamides is 1. The predicted molar refractivity (Wildman–Crippen MR) is 71.2 cm³/mol. The summed E-state index contributed by atoms with van der Waals surface area (Å²) >= 11 is 0. The van der Waals surface area contributed by atoms with E-state index < -0.39 is 22.7 Å². The van der Waals surface area contributed by atoms with E-state index in [1.165, 1.54) is 0 Å². The Morgan fingerprint density at radius 2 is 2.00 bits per heavy atom. The number of rotatable bonds is 7. The zero-order valence-electron chi connectivity index (χ0n) is 12.1. The first-order valence-electron chi connectivity index (χ1n) is 6.37. The number of nitrogens with one attached hydrogen (secondary N) is 2. The van der Waals surface area contributed by atoms with E-state index in [4.69, 9.17) is 0 Å². The minimum absolute atomic E-state index is 0.227. The molecule has 2 N–H and O–H groups in total. The van der Waals surface area contributed by atoms with Crippen molar-refractivity contribution < 1.29 is 21.6 Å².